The van der Waals surface area contributed by atoms with E-state index in [1.165, 1.54) is 28.1 Å². The Morgan fingerprint density at radius 3 is 2.79 bits per heavy atom. The van der Waals surface area contributed by atoms with Crippen LogP contribution >= 0.6 is 18.9 Å². The molecule has 8 heteroatoms. The Hall–Kier alpha value is -2.08. The van der Waals surface area contributed by atoms with Gasteiger partial charge in [-0.05, 0) is 31.0 Å². The van der Waals surface area contributed by atoms with Crippen molar-refractivity contribution in [3.05, 3.63) is 64.9 Å². The molecule has 0 N–H and O–H groups in total. The molecule has 2 aromatic carbocycles. The van der Waals surface area contributed by atoms with E-state index in [2.05, 4.69) is 4.98 Å². The Labute approximate surface area is 173 Å². The monoisotopic (exact) mass is 432 g/mol. The van der Waals surface area contributed by atoms with Gasteiger partial charge in [-0.2, -0.15) is 0 Å². The first kappa shape index (κ1) is 20.2. The van der Waals surface area contributed by atoms with Crippen molar-refractivity contribution in [3.63, 3.8) is 0 Å². The van der Waals surface area contributed by atoms with Gasteiger partial charge in [0.2, 0.25) is 5.91 Å². The number of aromatic nitrogens is 1. The first-order valence-corrected chi connectivity index (χ1v) is 12.2. The predicted molar refractivity (Wildman–Crippen MR) is 113 cm³/mol. The molecule has 1 aliphatic rings. The van der Waals surface area contributed by atoms with Gasteiger partial charge in [-0.1, -0.05) is 30.3 Å². The Morgan fingerprint density at radius 2 is 2.07 bits per heavy atom. The average molecular weight is 432 g/mol. The van der Waals surface area contributed by atoms with Crippen LogP contribution in [0.1, 0.15) is 36.3 Å². The normalized spacial score (nSPS) is 19.4. The van der Waals surface area contributed by atoms with E-state index in [-0.39, 0.29) is 36.8 Å². The van der Waals surface area contributed by atoms with Gasteiger partial charge in [0.1, 0.15) is 5.82 Å². The molecule has 1 saturated heterocycles. The molecule has 0 aliphatic carbocycles. The lowest BCUT2D eigenvalue weighted by atomic mass is 9.98. The number of halogens is 1. The number of piperidine rings is 1. The van der Waals surface area contributed by atoms with Crippen molar-refractivity contribution in [2.75, 3.05) is 13.2 Å². The average Bonchev–Trinajstić information content (AvgIpc) is 3.12. The third kappa shape index (κ3) is 4.27. The molecule has 2 unspecified atom stereocenters. The molecule has 2 heterocycles. The van der Waals surface area contributed by atoms with Crippen LogP contribution < -0.4 is 0 Å². The van der Waals surface area contributed by atoms with Crippen molar-refractivity contribution in [1.29, 1.82) is 0 Å². The van der Waals surface area contributed by atoms with E-state index in [0.717, 1.165) is 15.3 Å². The number of benzene rings is 2. The van der Waals surface area contributed by atoms with Crippen LogP contribution in [-0.4, -0.2) is 28.7 Å². The van der Waals surface area contributed by atoms with E-state index in [4.69, 9.17) is 4.52 Å². The van der Waals surface area contributed by atoms with Crippen LogP contribution in [0.15, 0.2) is 48.5 Å². The Bertz CT molecular complexity index is 1070. The van der Waals surface area contributed by atoms with Crippen molar-refractivity contribution < 1.29 is 18.3 Å². The number of rotatable bonds is 6. The van der Waals surface area contributed by atoms with E-state index in [1.807, 2.05) is 30.3 Å². The lowest BCUT2D eigenvalue weighted by Crippen LogP contribution is -2.36. The smallest absolute Gasteiger partial charge is 0.302 e. The summed E-state index contributed by atoms with van der Waals surface area (Å²) in [7, 11) is -3.31. The Morgan fingerprint density at radius 1 is 1.28 bits per heavy atom. The van der Waals surface area contributed by atoms with Crippen molar-refractivity contribution >= 4 is 35.0 Å². The number of hydrogen-bond donors (Lipinski definition) is 0. The lowest BCUT2D eigenvalue weighted by molar-refractivity contribution is -0.129. The number of carbonyl (C=O) groups excluding carboxylic acids is 1. The van der Waals surface area contributed by atoms with Crippen molar-refractivity contribution in [2.45, 2.75) is 31.8 Å². The molecule has 1 aromatic heterocycles. The van der Waals surface area contributed by atoms with Crippen LogP contribution in [-0.2, 0) is 20.0 Å². The third-order valence-corrected chi connectivity index (χ3v) is 8.82. The zero-order valence-electron chi connectivity index (χ0n) is 16.1. The van der Waals surface area contributed by atoms with E-state index in [0.29, 0.717) is 18.5 Å². The Balaban J connectivity index is 1.53. The zero-order chi connectivity index (χ0) is 20.4. The fourth-order valence-corrected chi connectivity index (χ4v) is 7.06. The summed E-state index contributed by atoms with van der Waals surface area (Å²) in [4.78, 5) is 17.5. The molecule has 4 rings (SSSR count). The third-order valence-electron chi connectivity index (χ3n) is 5.04. The second-order valence-electron chi connectivity index (χ2n) is 7.07. The van der Waals surface area contributed by atoms with Gasteiger partial charge in [0, 0.05) is 24.9 Å². The first-order valence-electron chi connectivity index (χ1n) is 9.63. The molecule has 2 atom stereocenters. The highest BCUT2D eigenvalue weighted by atomic mass is 32.1. The summed E-state index contributed by atoms with van der Waals surface area (Å²) in [5.74, 6) is -0.552. The van der Waals surface area contributed by atoms with Crippen LogP contribution in [0.2, 0.25) is 0 Å². The molecule has 3 aromatic rings. The summed E-state index contributed by atoms with van der Waals surface area (Å²) >= 11 is 1.49. The minimum atomic E-state index is -3.31. The standard InChI is InChI=1S/C21H22FN2O3PS/c1-2-27-28(26,14-15-6-4-3-5-7-15)24-11-10-16(12-20(24)25)21-23-18-13-17(22)8-9-19(18)29-21/h3-9,13,16H,2,10-12,14H2,1H3. The molecular weight excluding hydrogens is 410 g/mol. The van der Waals surface area contributed by atoms with Gasteiger partial charge in [-0.15, -0.1) is 11.3 Å². The fraction of sp³-hybridized carbons (Fsp3) is 0.333. The zero-order valence-corrected chi connectivity index (χ0v) is 17.8. The maximum Gasteiger partial charge on any atom is 0.302 e. The van der Waals surface area contributed by atoms with Gasteiger partial charge >= 0.3 is 7.52 Å². The van der Waals surface area contributed by atoms with E-state index in [1.54, 1.807) is 13.0 Å². The van der Waals surface area contributed by atoms with Gasteiger partial charge < -0.3 is 4.52 Å². The molecule has 1 amide bonds. The summed E-state index contributed by atoms with van der Waals surface area (Å²) in [6.07, 6.45) is 1.09. The van der Waals surface area contributed by atoms with Crippen LogP contribution in [0.25, 0.3) is 10.2 Å². The largest absolute Gasteiger partial charge is 0.313 e. The van der Waals surface area contributed by atoms with Crippen LogP contribution in [0.3, 0.4) is 0 Å². The SMILES string of the molecule is CCOP(=O)(Cc1ccccc1)N1CCC(c2nc3cc(F)ccc3s2)CC1=O. The number of hydrogen-bond acceptors (Lipinski definition) is 5. The van der Waals surface area contributed by atoms with E-state index >= 15 is 0 Å². The Kier molecular flexibility index (Phi) is 5.81. The minimum absolute atomic E-state index is 0.0500. The van der Waals surface area contributed by atoms with Crippen LogP contribution in [0, 0.1) is 5.82 Å². The molecule has 1 aliphatic heterocycles. The molecule has 0 bridgehead atoms. The summed E-state index contributed by atoms with van der Waals surface area (Å²) in [6, 6.07) is 14.0. The summed E-state index contributed by atoms with van der Waals surface area (Å²) in [5.41, 5.74) is 1.50. The topological polar surface area (TPSA) is 59.5 Å². The number of amides is 1. The van der Waals surface area contributed by atoms with Crippen LogP contribution in [0.4, 0.5) is 4.39 Å². The molecule has 1 fully saturated rings. The van der Waals surface area contributed by atoms with Crippen molar-refractivity contribution in [1.82, 2.24) is 9.65 Å². The first-order chi connectivity index (χ1) is 14.0. The second-order valence-corrected chi connectivity index (χ2v) is 10.5. The number of carbonyl (C=O) groups is 1. The number of nitrogens with zero attached hydrogens (tertiary/aromatic N) is 2. The highest BCUT2D eigenvalue weighted by molar-refractivity contribution is 7.56. The highest BCUT2D eigenvalue weighted by Gasteiger charge is 2.40. The summed E-state index contributed by atoms with van der Waals surface area (Å²) in [6.45, 7) is 2.42. The number of fused-ring (bicyclic) bond motifs is 1. The van der Waals surface area contributed by atoms with Gasteiger partial charge in [-0.3, -0.25) is 14.0 Å². The molecular formula is C21H22FN2O3PS. The maximum atomic E-state index is 13.6. The van der Waals surface area contributed by atoms with Gasteiger partial charge in [0.25, 0.3) is 0 Å². The molecule has 0 saturated carbocycles. The van der Waals surface area contributed by atoms with E-state index in [9.17, 15) is 13.8 Å². The molecule has 5 nitrogen and oxygen atoms in total. The maximum absolute atomic E-state index is 13.6. The van der Waals surface area contributed by atoms with Crippen LogP contribution in [0.5, 0.6) is 0 Å². The van der Waals surface area contributed by atoms with Gasteiger partial charge in [0.15, 0.2) is 0 Å². The fourth-order valence-electron chi connectivity index (χ4n) is 3.66. The lowest BCUT2D eigenvalue weighted by Gasteiger charge is -2.36. The molecule has 152 valence electrons. The predicted octanol–water partition coefficient (Wildman–Crippen LogP) is 5.57. The van der Waals surface area contributed by atoms with E-state index < -0.39 is 7.52 Å². The van der Waals surface area contributed by atoms with Crippen molar-refractivity contribution in [2.24, 2.45) is 0 Å². The second kappa shape index (κ2) is 8.34. The molecule has 29 heavy (non-hydrogen) atoms. The molecule has 0 spiro atoms. The summed E-state index contributed by atoms with van der Waals surface area (Å²) < 4.78 is 35.0. The quantitative estimate of drug-likeness (QED) is 0.478. The number of thiazole rings is 1. The highest BCUT2D eigenvalue weighted by Crippen LogP contribution is 2.56. The van der Waals surface area contributed by atoms with Crippen molar-refractivity contribution in [3.8, 4) is 0 Å². The van der Waals surface area contributed by atoms with Gasteiger partial charge in [0.05, 0.1) is 28.0 Å². The summed E-state index contributed by atoms with van der Waals surface area (Å²) in [5, 5.41) is 0.827. The minimum Gasteiger partial charge on any atom is -0.313 e. The molecule has 0 radical (unpaired) electrons. The van der Waals surface area contributed by atoms with Gasteiger partial charge in [-0.25, -0.2) is 9.37 Å².